The van der Waals surface area contributed by atoms with E-state index in [-0.39, 0.29) is 5.91 Å². The highest BCUT2D eigenvalue weighted by molar-refractivity contribution is 8.00. The van der Waals surface area contributed by atoms with Crippen molar-refractivity contribution in [3.8, 4) is 10.6 Å². The number of benzene rings is 3. The van der Waals surface area contributed by atoms with Gasteiger partial charge in [-0.3, -0.25) is 4.79 Å². The lowest BCUT2D eigenvalue weighted by Crippen LogP contribution is -2.14. The average Bonchev–Trinajstić information content (AvgIpc) is 3.13. The molecule has 1 aromatic heterocycles. The molecule has 4 rings (SSSR count). The van der Waals surface area contributed by atoms with Crippen molar-refractivity contribution < 1.29 is 4.79 Å². The van der Waals surface area contributed by atoms with Crippen molar-refractivity contribution in [1.82, 2.24) is 4.98 Å². The molecule has 28 heavy (non-hydrogen) atoms. The SMILES string of the molecule is O=C(CSc1ccc(Cl)cc1)Nc1ccc(Cl)cc1-c1nc2ccccc2s1. The van der Waals surface area contributed by atoms with E-state index in [2.05, 4.69) is 10.3 Å². The van der Waals surface area contributed by atoms with Crippen LogP contribution in [0.25, 0.3) is 20.8 Å². The van der Waals surface area contributed by atoms with Crippen molar-refractivity contribution in [2.45, 2.75) is 4.90 Å². The first-order chi connectivity index (χ1) is 13.6. The zero-order valence-corrected chi connectivity index (χ0v) is 17.6. The Hall–Kier alpha value is -2.05. The summed E-state index contributed by atoms with van der Waals surface area (Å²) >= 11 is 15.1. The summed E-state index contributed by atoms with van der Waals surface area (Å²) in [5.41, 5.74) is 2.45. The highest BCUT2D eigenvalue weighted by Gasteiger charge is 2.14. The minimum absolute atomic E-state index is 0.0929. The third-order valence-corrected chi connectivity index (χ3v) is 6.53. The molecule has 0 bridgehead atoms. The Morgan fingerprint density at radius 1 is 1.00 bits per heavy atom. The van der Waals surface area contributed by atoms with Crippen LogP contribution >= 0.6 is 46.3 Å². The number of carbonyl (C=O) groups excluding carboxylic acids is 1. The van der Waals surface area contributed by atoms with Crippen molar-refractivity contribution in [2.75, 3.05) is 11.1 Å². The molecule has 7 heteroatoms. The summed E-state index contributed by atoms with van der Waals surface area (Å²) in [6, 6.07) is 20.8. The van der Waals surface area contributed by atoms with Gasteiger partial charge in [0.2, 0.25) is 5.91 Å². The predicted octanol–water partition coefficient (Wildman–Crippen LogP) is 7.00. The summed E-state index contributed by atoms with van der Waals surface area (Å²) in [5, 5.41) is 5.08. The number of nitrogens with one attached hydrogen (secondary N) is 1. The molecular weight excluding hydrogens is 431 g/mol. The normalized spacial score (nSPS) is 10.9. The lowest BCUT2D eigenvalue weighted by atomic mass is 10.2. The second kappa shape index (κ2) is 8.53. The molecule has 0 saturated carbocycles. The van der Waals surface area contributed by atoms with Gasteiger partial charge in [0.15, 0.2) is 0 Å². The van der Waals surface area contributed by atoms with Crippen LogP contribution in [0.3, 0.4) is 0 Å². The summed E-state index contributed by atoms with van der Waals surface area (Å²) in [7, 11) is 0. The number of fused-ring (bicyclic) bond motifs is 1. The van der Waals surface area contributed by atoms with Crippen LogP contribution in [0.15, 0.2) is 71.6 Å². The fourth-order valence-corrected chi connectivity index (χ4v) is 4.65. The Balaban J connectivity index is 1.54. The summed E-state index contributed by atoms with van der Waals surface area (Å²) < 4.78 is 1.09. The van der Waals surface area contributed by atoms with Crippen LogP contribution in [0.1, 0.15) is 0 Å². The Labute approximate surface area is 180 Å². The molecule has 0 fully saturated rings. The van der Waals surface area contributed by atoms with E-state index in [0.717, 1.165) is 25.7 Å². The van der Waals surface area contributed by atoms with Gasteiger partial charge < -0.3 is 5.32 Å². The molecule has 0 aliphatic rings. The van der Waals surface area contributed by atoms with Crippen LogP contribution in [0.4, 0.5) is 5.69 Å². The van der Waals surface area contributed by atoms with E-state index in [1.54, 1.807) is 17.4 Å². The number of aromatic nitrogens is 1. The van der Waals surface area contributed by atoms with Crippen LogP contribution in [0.2, 0.25) is 10.0 Å². The van der Waals surface area contributed by atoms with Gasteiger partial charge in [0.05, 0.1) is 21.7 Å². The first-order valence-electron chi connectivity index (χ1n) is 8.42. The quantitative estimate of drug-likeness (QED) is 0.336. The molecule has 0 saturated heterocycles. The number of thioether (sulfide) groups is 1. The van der Waals surface area contributed by atoms with Gasteiger partial charge in [-0.05, 0) is 54.6 Å². The van der Waals surface area contributed by atoms with Crippen molar-refractivity contribution in [3.63, 3.8) is 0 Å². The first-order valence-corrected chi connectivity index (χ1v) is 11.0. The summed E-state index contributed by atoms with van der Waals surface area (Å²) in [6.07, 6.45) is 0. The molecule has 0 atom stereocenters. The van der Waals surface area contributed by atoms with Gasteiger partial charge in [-0.15, -0.1) is 23.1 Å². The highest BCUT2D eigenvalue weighted by Crippen LogP contribution is 2.36. The second-order valence-corrected chi connectivity index (χ2v) is 8.92. The van der Waals surface area contributed by atoms with E-state index >= 15 is 0 Å². The third-order valence-electron chi connectivity index (χ3n) is 3.96. The zero-order chi connectivity index (χ0) is 19.5. The molecule has 1 N–H and O–H groups in total. The number of carbonyl (C=O) groups is 1. The Morgan fingerprint density at radius 3 is 2.54 bits per heavy atom. The molecule has 0 aliphatic carbocycles. The number of halogens is 2. The number of hydrogen-bond acceptors (Lipinski definition) is 4. The van der Waals surface area contributed by atoms with Crippen molar-refractivity contribution in [1.29, 1.82) is 0 Å². The maximum absolute atomic E-state index is 12.5. The minimum atomic E-state index is -0.0929. The van der Waals surface area contributed by atoms with Crippen LogP contribution < -0.4 is 5.32 Å². The van der Waals surface area contributed by atoms with E-state index in [9.17, 15) is 4.79 Å². The Morgan fingerprint density at radius 2 is 1.75 bits per heavy atom. The molecule has 0 aliphatic heterocycles. The number of anilines is 1. The number of amides is 1. The largest absolute Gasteiger partial charge is 0.325 e. The molecule has 4 aromatic rings. The number of rotatable bonds is 5. The van der Waals surface area contributed by atoms with Crippen molar-refractivity contribution >= 4 is 68.1 Å². The standard InChI is InChI=1S/C21H14Cl2N2OS2/c22-13-5-8-15(9-6-13)27-12-20(26)24-17-10-7-14(23)11-16(17)21-25-18-3-1-2-4-19(18)28-21/h1-11H,12H2,(H,24,26). The van der Waals surface area contributed by atoms with Crippen molar-refractivity contribution in [3.05, 3.63) is 76.8 Å². The summed E-state index contributed by atoms with van der Waals surface area (Å²) in [5.74, 6) is 0.202. The molecule has 3 aromatic carbocycles. The molecule has 1 heterocycles. The van der Waals surface area contributed by atoms with E-state index in [4.69, 9.17) is 23.2 Å². The monoisotopic (exact) mass is 444 g/mol. The van der Waals surface area contributed by atoms with Gasteiger partial charge >= 0.3 is 0 Å². The van der Waals surface area contributed by atoms with Gasteiger partial charge in [-0.1, -0.05) is 35.3 Å². The third kappa shape index (κ3) is 4.50. The molecule has 3 nitrogen and oxygen atoms in total. The van der Waals surface area contributed by atoms with Gasteiger partial charge in [-0.2, -0.15) is 0 Å². The van der Waals surface area contributed by atoms with E-state index in [1.165, 1.54) is 11.8 Å². The fraction of sp³-hybridized carbons (Fsp3) is 0.0476. The Kier molecular flexibility index (Phi) is 5.87. The molecule has 0 radical (unpaired) electrons. The highest BCUT2D eigenvalue weighted by atomic mass is 35.5. The maximum Gasteiger partial charge on any atom is 0.234 e. The maximum atomic E-state index is 12.5. The number of thiazole rings is 1. The number of hydrogen-bond donors (Lipinski definition) is 1. The van der Waals surface area contributed by atoms with Crippen LogP contribution in [-0.4, -0.2) is 16.6 Å². The van der Waals surface area contributed by atoms with E-state index < -0.39 is 0 Å². The van der Waals surface area contributed by atoms with Gasteiger partial charge in [0.25, 0.3) is 0 Å². The molecule has 140 valence electrons. The Bertz CT molecular complexity index is 1110. The summed E-state index contributed by atoms with van der Waals surface area (Å²) in [4.78, 5) is 18.2. The molecule has 1 amide bonds. The lowest BCUT2D eigenvalue weighted by Gasteiger charge is -2.10. The van der Waals surface area contributed by atoms with Crippen LogP contribution in [-0.2, 0) is 4.79 Å². The molecule has 0 spiro atoms. The second-order valence-electron chi connectivity index (χ2n) is 5.97. The van der Waals surface area contributed by atoms with Gasteiger partial charge in [-0.25, -0.2) is 4.98 Å². The lowest BCUT2D eigenvalue weighted by molar-refractivity contribution is -0.113. The van der Waals surface area contributed by atoms with E-state index in [0.29, 0.717) is 21.5 Å². The van der Waals surface area contributed by atoms with Gasteiger partial charge in [0.1, 0.15) is 5.01 Å². The molecule has 0 unspecified atom stereocenters. The fourth-order valence-electron chi connectivity index (χ4n) is 2.66. The smallest absolute Gasteiger partial charge is 0.234 e. The van der Waals surface area contributed by atoms with Crippen LogP contribution in [0.5, 0.6) is 0 Å². The van der Waals surface area contributed by atoms with E-state index in [1.807, 2.05) is 60.7 Å². The minimum Gasteiger partial charge on any atom is -0.325 e. The number of para-hydroxylation sites is 1. The number of nitrogens with zero attached hydrogens (tertiary/aromatic N) is 1. The predicted molar refractivity (Wildman–Crippen MR) is 121 cm³/mol. The first kappa shape index (κ1) is 19.3. The average molecular weight is 445 g/mol. The topological polar surface area (TPSA) is 42.0 Å². The molecular formula is C21H14Cl2N2OS2. The summed E-state index contributed by atoms with van der Waals surface area (Å²) in [6.45, 7) is 0. The van der Waals surface area contributed by atoms with Gasteiger partial charge in [0, 0.05) is 20.5 Å². The van der Waals surface area contributed by atoms with Crippen molar-refractivity contribution in [2.24, 2.45) is 0 Å². The zero-order valence-electron chi connectivity index (χ0n) is 14.5. The van der Waals surface area contributed by atoms with Crippen LogP contribution in [0, 0.1) is 0 Å².